The van der Waals surface area contributed by atoms with Gasteiger partial charge in [-0.1, -0.05) is 68.4 Å². The van der Waals surface area contributed by atoms with Crippen LogP contribution in [-0.2, 0) is 67.2 Å². The number of hydrogen-bond donors (Lipinski definition) is 15. The lowest BCUT2D eigenvalue weighted by Crippen LogP contribution is -2.60. The number of aliphatic carboxylic acids is 2. The number of guanidine groups is 1. The fourth-order valence-electron chi connectivity index (χ4n) is 8.70. The van der Waals surface area contributed by atoms with Gasteiger partial charge in [0.1, 0.15) is 47.8 Å². The van der Waals surface area contributed by atoms with Crippen LogP contribution in [0.25, 0.3) is 0 Å². The van der Waals surface area contributed by atoms with Crippen molar-refractivity contribution in [3.63, 3.8) is 0 Å². The number of phenolic OH excluding ortho intramolecular Hbond substituents is 2. The van der Waals surface area contributed by atoms with Gasteiger partial charge >= 0.3 is 5.97 Å². The van der Waals surface area contributed by atoms with Crippen LogP contribution in [0, 0.1) is 5.92 Å². The first kappa shape index (κ1) is 68.4. The van der Waals surface area contributed by atoms with E-state index in [0.29, 0.717) is 36.0 Å². The number of carbonyl (C=O) groups excluding carboxylic acids is 8. The highest BCUT2D eigenvalue weighted by atomic mass is 16.4. The second-order valence-corrected chi connectivity index (χ2v) is 20.3. The molecule has 7 atom stereocenters. The molecule has 19 N–H and O–H groups in total. The van der Waals surface area contributed by atoms with Gasteiger partial charge in [0.25, 0.3) is 5.97 Å². The van der Waals surface area contributed by atoms with E-state index in [0.717, 1.165) is 6.92 Å². The zero-order chi connectivity index (χ0) is 61.6. The van der Waals surface area contributed by atoms with Crippen molar-refractivity contribution in [1.29, 1.82) is 0 Å². The van der Waals surface area contributed by atoms with Gasteiger partial charge in [-0.15, -0.1) is 0 Å². The number of phenols is 2. The summed E-state index contributed by atoms with van der Waals surface area (Å²) in [7, 11) is 0. The molecule has 454 valence electrons. The lowest BCUT2D eigenvalue weighted by molar-refractivity contribution is -0.149. The van der Waals surface area contributed by atoms with Crippen molar-refractivity contribution in [2.75, 3.05) is 32.7 Å². The molecule has 3 aromatic rings. The van der Waals surface area contributed by atoms with E-state index >= 15 is 0 Å². The predicted octanol–water partition coefficient (Wildman–Crippen LogP) is -1.50. The average molecular weight is 1160 g/mol. The molecule has 0 spiro atoms. The number of nitrogens with zero attached hydrogens (tertiary/aromatic N) is 2. The zero-order valence-electron chi connectivity index (χ0n) is 47.0. The van der Waals surface area contributed by atoms with E-state index < -0.39 is 115 Å². The smallest absolute Gasteiger partial charge is 0.326 e. The molecule has 1 aliphatic heterocycles. The van der Waals surface area contributed by atoms with Crippen molar-refractivity contribution >= 4 is 65.2 Å². The number of carboxylic acids is 2. The minimum atomic E-state index is -1.35. The van der Waals surface area contributed by atoms with Gasteiger partial charge < -0.3 is 85.5 Å². The highest BCUT2D eigenvalue weighted by Gasteiger charge is 2.39. The van der Waals surface area contributed by atoms with Gasteiger partial charge in [0.2, 0.25) is 47.3 Å². The number of benzene rings is 3. The summed E-state index contributed by atoms with van der Waals surface area (Å²) in [4.78, 5) is 136. The molecular weight excluding hydrogens is 1080 g/mol. The van der Waals surface area contributed by atoms with Gasteiger partial charge in [-0.2, -0.15) is 0 Å². The lowest BCUT2D eigenvalue weighted by Gasteiger charge is -2.30. The van der Waals surface area contributed by atoms with Gasteiger partial charge in [0.15, 0.2) is 5.96 Å². The minimum Gasteiger partial charge on any atom is -0.508 e. The molecule has 3 aromatic carbocycles. The number of unbranched alkanes of at least 4 members (excludes halogenated alkanes) is 1. The van der Waals surface area contributed by atoms with Crippen molar-refractivity contribution in [3.05, 3.63) is 95.6 Å². The Bertz CT molecular complexity index is 2650. The van der Waals surface area contributed by atoms with Gasteiger partial charge in [-0.25, -0.2) is 4.79 Å². The Kier molecular flexibility index (Phi) is 29.5. The average Bonchev–Trinajstić information content (AvgIpc) is 4.21. The molecule has 0 saturated carbocycles. The van der Waals surface area contributed by atoms with Crippen LogP contribution in [0.1, 0.15) is 88.8 Å². The molecule has 1 heterocycles. The molecule has 1 saturated heterocycles. The van der Waals surface area contributed by atoms with Crippen LogP contribution in [-0.4, -0.2) is 165 Å². The van der Waals surface area contributed by atoms with E-state index in [1.165, 1.54) is 29.2 Å². The number of hydrogen-bond acceptors (Lipinski definition) is 15. The van der Waals surface area contributed by atoms with E-state index in [1.807, 2.05) is 0 Å². The summed E-state index contributed by atoms with van der Waals surface area (Å²) in [6, 6.07) is 12.1. The quantitative estimate of drug-likeness (QED) is 0.0192. The lowest BCUT2D eigenvalue weighted by atomic mass is 10.00. The molecule has 0 aliphatic carbocycles. The number of carboxylic acid groups (broad SMARTS) is 2. The number of rotatable bonds is 32. The number of likely N-dealkylation sites (tertiary alicyclic amines) is 1. The van der Waals surface area contributed by atoms with Gasteiger partial charge in [-0.05, 0) is 111 Å². The van der Waals surface area contributed by atoms with Gasteiger partial charge in [0.05, 0.1) is 19.1 Å². The third-order valence-corrected chi connectivity index (χ3v) is 12.8. The van der Waals surface area contributed by atoms with Crippen LogP contribution in [0.5, 0.6) is 11.5 Å². The van der Waals surface area contributed by atoms with E-state index in [2.05, 4.69) is 42.2 Å². The van der Waals surface area contributed by atoms with Crippen molar-refractivity contribution in [3.8, 4) is 11.5 Å². The molecule has 0 aromatic heterocycles. The largest absolute Gasteiger partial charge is 0.508 e. The Balaban J connectivity index is 0.00000436. The molecule has 0 radical (unpaired) electrons. The summed E-state index contributed by atoms with van der Waals surface area (Å²) >= 11 is 0. The first-order chi connectivity index (χ1) is 39.4. The fraction of sp³-hybridized carbons (Fsp3) is 0.482. The number of nitrogens with two attached hydrogens (primary N) is 4. The van der Waals surface area contributed by atoms with Crippen LogP contribution in [0.4, 0.5) is 0 Å². The van der Waals surface area contributed by atoms with Crippen molar-refractivity contribution < 1.29 is 68.4 Å². The number of aromatic hydroxyl groups is 2. The van der Waals surface area contributed by atoms with Crippen LogP contribution in [0.15, 0.2) is 83.9 Å². The Labute approximate surface area is 481 Å². The Morgan fingerprint density at radius 3 is 1.63 bits per heavy atom. The third kappa shape index (κ3) is 26.1. The van der Waals surface area contributed by atoms with Crippen LogP contribution in [0.2, 0.25) is 0 Å². The molecule has 8 amide bonds. The summed E-state index contributed by atoms with van der Waals surface area (Å²) in [5, 5.41) is 55.1. The van der Waals surface area contributed by atoms with Crippen LogP contribution < -0.4 is 60.2 Å². The normalized spacial score (nSPS) is 14.8. The second kappa shape index (κ2) is 35.8. The minimum absolute atomic E-state index is 0.0362. The van der Waals surface area contributed by atoms with E-state index in [-0.39, 0.29) is 94.4 Å². The first-order valence-electron chi connectivity index (χ1n) is 27.3. The summed E-state index contributed by atoms with van der Waals surface area (Å²) in [6.45, 7) is 4.04. The van der Waals surface area contributed by atoms with Crippen LogP contribution in [0.3, 0.4) is 0 Å². The number of nitrogens with one attached hydrogen (secondary N) is 7. The van der Waals surface area contributed by atoms with Gasteiger partial charge in [0, 0.05) is 32.9 Å². The molecule has 4 rings (SSSR count). The summed E-state index contributed by atoms with van der Waals surface area (Å²) in [5.74, 6) is -8.35. The maximum Gasteiger partial charge on any atom is 0.326 e. The van der Waals surface area contributed by atoms with Crippen LogP contribution >= 0.6 is 0 Å². The SMILES string of the molecule is CC(=O)O.CC(C)CC(NC(=O)C(Cc1ccccc1)NC(=O)CNC(=O)CNC(=O)C(N)Cc1ccc(O)cc1)C(=O)NC(CCCN=C(N)N)C(=O)NC(CCCCN)C(=O)NC(Cc1ccc(O)cc1)C(=O)N1CCCC1C(=O)O. The predicted molar refractivity (Wildman–Crippen MR) is 305 cm³/mol. The zero-order valence-corrected chi connectivity index (χ0v) is 47.0. The standard InChI is InChI=1S/C54H77N13O12.C2H4O2/c1-32(2)26-41(65-51(76)42(28-33-10-4-3-5-11-33)62-46(71)31-60-45(70)30-61-47(72)38(56)27-34-15-19-36(68)20-16-34)50(75)64-40(13-8-24-59-54(57)58)48(73)63-39(12-6-7-23-55)49(74)66-43(29-35-17-21-37(69)22-18-35)52(77)67-25-9-14-44(67)53(78)79;1-2(3)4/h3-5,10-11,15-22,32,38-44,68-69H,6-9,12-14,23-31,55-56H2,1-2H3,(H,60,70)(H,61,72)(H,62,71)(H,63,73)(H,64,75)(H,65,76)(H,66,74)(H,78,79)(H4,57,58,59);1H3,(H,3,4). The Morgan fingerprint density at radius 2 is 1.08 bits per heavy atom. The fourth-order valence-corrected chi connectivity index (χ4v) is 8.70. The van der Waals surface area contributed by atoms with Crippen molar-refractivity contribution in [1.82, 2.24) is 42.1 Å². The third-order valence-electron chi connectivity index (χ3n) is 12.8. The maximum absolute atomic E-state index is 14.4. The number of aliphatic imine (C=N–C) groups is 1. The summed E-state index contributed by atoms with van der Waals surface area (Å²) < 4.78 is 0. The van der Waals surface area contributed by atoms with Gasteiger partial charge in [-0.3, -0.25) is 48.1 Å². The highest BCUT2D eigenvalue weighted by molar-refractivity contribution is 5.97. The molecule has 83 heavy (non-hydrogen) atoms. The molecule has 7 unspecified atom stereocenters. The van der Waals surface area contributed by atoms with E-state index in [9.17, 15) is 58.5 Å². The van der Waals surface area contributed by atoms with Crippen molar-refractivity contribution in [2.24, 2.45) is 33.8 Å². The number of amides is 8. The second-order valence-electron chi connectivity index (χ2n) is 20.3. The Hall–Kier alpha value is -8.85. The highest BCUT2D eigenvalue weighted by Crippen LogP contribution is 2.21. The summed E-state index contributed by atoms with van der Waals surface area (Å²) in [6.07, 6.45) is 1.67. The molecule has 27 heteroatoms. The Morgan fingerprint density at radius 1 is 0.602 bits per heavy atom. The summed E-state index contributed by atoms with van der Waals surface area (Å²) in [5.41, 5.74) is 24.8. The maximum atomic E-state index is 14.4. The molecular formula is C56H81N13O14. The van der Waals surface area contributed by atoms with E-state index in [4.69, 9.17) is 32.8 Å². The van der Waals surface area contributed by atoms with E-state index in [1.54, 1.807) is 68.4 Å². The molecule has 0 bridgehead atoms. The number of carbonyl (C=O) groups is 10. The molecule has 1 fully saturated rings. The monoisotopic (exact) mass is 1160 g/mol. The first-order valence-corrected chi connectivity index (χ1v) is 27.3. The van der Waals surface area contributed by atoms with Crippen molar-refractivity contribution in [2.45, 2.75) is 134 Å². The molecule has 27 nitrogen and oxygen atoms in total. The molecule has 1 aliphatic rings. The topological polar surface area (TPSA) is 456 Å².